The fourth-order valence-electron chi connectivity index (χ4n) is 7.57. The van der Waals surface area contributed by atoms with E-state index in [9.17, 15) is 14.9 Å². The molecule has 1 aromatic heterocycles. The molecule has 5 nitrogen and oxygen atoms in total. The number of carbonyl (C=O) groups is 2. The van der Waals surface area contributed by atoms with Gasteiger partial charge in [-0.1, -0.05) is 147 Å². The average Bonchev–Trinajstić information content (AvgIpc) is 3.47. The summed E-state index contributed by atoms with van der Waals surface area (Å²) in [6.45, 7) is 28.0. The Morgan fingerprint density at radius 3 is 2.12 bits per heavy atom. The second-order valence-electron chi connectivity index (χ2n) is 15.6. The number of hydrogen-bond donors (Lipinski definition) is 0. The Kier molecular flexibility index (Phi) is 21.1. The van der Waals surface area contributed by atoms with Crippen molar-refractivity contribution in [1.82, 2.24) is 9.78 Å². The van der Waals surface area contributed by atoms with Crippen molar-refractivity contribution in [2.45, 2.75) is 153 Å². The van der Waals surface area contributed by atoms with E-state index in [4.69, 9.17) is 16.7 Å². The third-order valence-corrected chi connectivity index (χ3v) is 11.2. The van der Waals surface area contributed by atoms with Crippen molar-refractivity contribution in [2.75, 3.05) is 0 Å². The zero-order valence-electron chi connectivity index (χ0n) is 36.6. The predicted octanol–water partition coefficient (Wildman–Crippen LogP) is 12.5. The summed E-state index contributed by atoms with van der Waals surface area (Å²) >= 11 is 6.84. The number of benzene rings is 2. The fourth-order valence-corrected chi connectivity index (χ4v) is 7.85. The molecule has 0 saturated carbocycles. The highest BCUT2D eigenvalue weighted by Crippen LogP contribution is 2.33. The highest BCUT2D eigenvalue weighted by Gasteiger charge is 2.30. The lowest BCUT2D eigenvalue weighted by molar-refractivity contribution is -0.119. The highest BCUT2D eigenvalue weighted by molar-refractivity contribution is 6.32. The van der Waals surface area contributed by atoms with Gasteiger partial charge in [-0.2, -0.15) is 10.4 Å². The van der Waals surface area contributed by atoms with Gasteiger partial charge in [0.2, 0.25) is 0 Å². The molecule has 0 aliphatic heterocycles. The van der Waals surface area contributed by atoms with Crippen molar-refractivity contribution in [3.8, 4) is 6.07 Å². The number of halogens is 1. The maximum Gasteiger partial charge on any atom is 0.166 e. The maximum absolute atomic E-state index is 14.0. The molecule has 0 bridgehead atoms. The van der Waals surface area contributed by atoms with Crippen LogP contribution < -0.4 is 10.6 Å². The summed E-state index contributed by atoms with van der Waals surface area (Å²) in [5, 5.41) is 17.1. The van der Waals surface area contributed by atoms with Gasteiger partial charge in [-0.25, -0.2) is 0 Å². The molecule has 0 aliphatic carbocycles. The first-order valence-corrected chi connectivity index (χ1v) is 21.6. The van der Waals surface area contributed by atoms with Crippen molar-refractivity contribution in [3.63, 3.8) is 0 Å². The molecule has 0 radical (unpaired) electrons. The minimum atomic E-state index is -0.210. The SMILES string of the molecule is C=C(C)C(CCC(=O)CCC)C(C)C(C)C(=O)c1ccc(Cn2nc(C)c(=C(/C=C(\C)CCC)c3ccc(C#N)cc3Cl)/c2=C\CC)cc1CC.CCCCC. The third-order valence-electron chi connectivity index (χ3n) is 10.8. The van der Waals surface area contributed by atoms with E-state index >= 15 is 0 Å². The van der Waals surface area contributed by atoms with Gasteiger partial charge in [-0.15, -0.1) is 0 Å². The number of Topliss-reactive ketones (excluding diaryl/α,β-unsaturated/α-hetero) is 2. The van der Waals surface area contributed by atoms with E-state index in [1.165, 1.54) is 24.8 Å². The van der Waals surface area contributed by atoms with E-state index in [1.54, 1.807) is 6.07 Å². The molecule has 6 heteroatoms. The Morgan fingerprint density at radius 2 is 1.59 bits per heavy atom. The normalized spacial score (nSPS) is 14.0. The molecular formula is C50H70ClN3O2. The van der Waals surface area contributed by atoms with Crippen LogP contribution in [0.4, 0.5) is 0 Å². The molecule has 0 amide bonds. The number of nitrogens with zero attached hydrogens (tertiary/aromatic N) is 3. The molecule has 3 aromatic rings. The van der Waals surface area contributed by atoms with Crippen molar-refractivity contribution in [2.24, 2.45) is 17.8 Å². The number of allylic oxidation sites excluding steroid dienone is 3. The summed E-state index contributed by atoms with van der Waals surface area (Å²) in [6, 6.07) is 13.9. The standard InChI is InChI=1S/C45H58ClN3O2.C5H12/c1-11-15-30(7)24-41(40-22-18-34(27-47)26-42(40)46)44-33(10)48-49(43(44)17-13-3)28-35-19-21-39(36(14-4)25-35)45(51)32(9)31(8)38(29(5)6)23-20-37(50)16-12-2;1-3-5-4-2/h17-19,21-22,24-26,31-32,38H,5,11-16,20,23,28H2,1-4,6-10H3;3-5H2,1-2H3/b30-24+,43-17+,44-41+;. The number of aryl methyl sites for hydroxylation is 2. The molecule has 0 spiro atoms. The summed E-state index contributed by atoms with van der Waals surface area (Å²) in [5.41, 5.74) is 8.46. The van der Waals surface area contributed by atoms with Gasteiger partial charge < -0.3 is 0 Å². The number of ketones is 2. The van der Waals surface area contributed by atoms with Crippen molar-refractivity contribution < 1.29 is 9.59 Å². The van der Waals surface area contributed by atoms with Crippen LogP contribution in [0.1, 0.15) is 172 Å². The number of aromatic nitrogens is 2. The van der Waals surface area contributed by atoms with E-state index in [0.29, 0.717) is 30.0 Å². The fraction of sp³-hybridized carbons (Fsp3) is 0.520. The number of hydrogen-bond acceptors (Lipinski definition) is 4. The van der Waals surface area contributed by atoms with E-state index in [0.717, 1.165) is 88.2 Å². The Morgan fingerprint density at radius 1 is 0.929 bits per heavy atom. The Balaban J connectivity index is 0.00000203. The Hall–Kier alpha value is -4.01. The van der Waals surface area contributed by atoms with Gasteiger partial charge in [-0.3, -0.25) is 14.3 Å². The van der Waals surface area contributed by atoms with Crippen molar-refractivity contribution in [1.29, 1.82) is 5.26 Å². The molecule has 1 heterocycles. The summed E-state index contributed by atoms with van der Waals surface area (Å²) < 4.78 is 2.06. The smallest absolute Gasteiger partial charge is 0.166 e. The number of nitriles is 1. The molecule has 0 fully saturated rings. The zero-order valence-corrected chi connectivity index (χ0v) is 37.3. The topological polar surface area (TPSA) is 75.8 Å². The van der Waals surface area contributed by atoms with Crippen LogP contribution in [0.15, 0.2) is 60.2 Å². The van der Waals surface area contributed by atoms with Gasteiger partial charge in [-0.05, 0) is 93.5 Å². The predicted molar refractivity (Wildman–Crippen MR) is 239 cm³/mol. The Bertz CT molecular complexity index is 1970. The van der Waals surface area contributed by atoms with E-state index in [-0.39, 0.29) is 29.3 Å². The lowest BCUT2D eigenvalue weighted by atomic mass is 9.74. The first-order valence-electron chi connectivity index (χ1n) is 21.2. The van der Waals surface area contributed by atoms with Crippen LogP contribution in [0, 0.1) is 36.0 Å². The van der Waals surface area contributed by atoms with Crippen LogP contribution in [0.3, 0.4) is 0 Å². The quantitative estimate of drug-likeness (QED) is 0.0845. The Labute approximate surface area is 344 Å². The molecule has 3 atom stereocenters. The lowest BCUT2D eigenvalue weighted by Gasteiger charge is -2.29. The molecule has 304 valence electrons. The van der Waals surface area contributed by atoms with Gasteiger partial charge in [0, 0.05) is 40.1 Å². The number of unbranched alkanes of at least 4 members (excludes halogenated alkanes) is 2. The second kappa shape index (κ2) is 24.6. The minimum Gasteiger partial charge on any atom is -0.300 e. The lowest BCUT2D eigenvalue weighted by Crippen LogP contribution is -2.32. The van der Waals surface area contributed by atoms with Crippen LogP contribution in [0.2, 0.25) is 5.02 Å². The summed E-state index contributed by atoms with van der Waals surface area (Å²) in [6.07, 6.45) is 14.8. The first-order chi connectivity index (χ1) is 26.7. The maximum atomic E-state index is 14.0. The monoisotopic (exact) mass is 780 g/mol. The van der Waals surface area contributed by atoms with Gasteiger partial charge in [0.15, 0.2) is 5.78 Å². The van der Waals surface area contributed by atoms with Crippen LogP contribution in [-0.4, -0.2) is 21.3 Å². The second-order valence-corrected chi connectivity index (χ2v) is 16.0. The van der Waals surface area contributed by atoms with Crippen molar-refractivity contribution in [3.05, 3.63) is 109 Å². The average molecular weight is 781 g/mol. The summed E-state index contributed by atoms with van der Waals surface area (Å²) in [5.74, 6) is 0.395. The van der Waals surface area contributed by atoms with Gasteiger partial charge in [0.05, 0.1) is 29.2 Å². The van der Waals surface area contributed by atoms with Gasteiger partial charge >= 0.3 is 0 Å². The van der Waals surface area contributed by atoms with E-state index in [2.05, 4.69) is 90.1 Å². The zero-order chi connectivity index (χ0) is 41.9. The van der Waals surface area contributed by atoms with E-state index in [1.807, 2.05) is 45.9 Å². The van der Waals surface area contributed by atoms with Crippen LogP contribution in [0.5, 0.6) is 0 Å². The molecule has 2 aromatic carbocycles. The summed E-state index contributed by atoms with van der Waals surface area (Å²) in [7, 11) is 0. The van der Waals surface area contributed by atoms with Crippen molar-refractivity contribution >= 4 is 34.8 Å². The molecule has 3 rings (SSSR count). The molecule has 0 saturated heterocycles. The van der Waals surface area contributed by atoms with Crippen LogP contribution in [-0.2, 0) is 17.8 Å². The van der Waals surface area contributed by atoms with Gasteiger partial charge in [0.1, 0.15) is 5.78 Å². The number of rotatable bonds is 20. The van der Waals surface area contributed by atoms with Crippen LogP contribution in [0.25, 0.3) is 11.6 Å². The van der Waals surface area contributed by atoms with E-state index < -0.39 is 0 Å². The van der Waals surface area contributed by atoms with Gasteiger partial charge in [0.25, 0.3) is 0 Å². The molecule has 0 N–H and O–H groups in total. The first kappa shape index (κ1) is 48.1. The molecule has 0 aliphatic rings. The number of carbonyl (C=O) groups excluding carboxylic acids is 2. The molecule has 3 unspecified atom stereocenters. The molecular weight excluding hydrogens is 710 g/mol. The third kappa shape index (κ3) is 13.6. The highest BCUT2D eigenvalue weighted by atomic mass is 35.5. The molecule has 56 heavy (non-hydrogen) atoms. The minimum absolute atomic E-state index is 0.0662. The largest absolute Gasteiger partial charge is 0.300 e. The van der Waals surface area contributed by atoms with Crippen LogP contribution >= 0.6 is 11.6 Å². The summed E-state index contributed by atoms with van der Waals surface area (Å²) in [4.78, 5) is 26.4.